The van der Waals surface area contributed by atoms with Crippen molar-refractivity contribution in [2.75, 3.05) is 5.75 Å². The number of nitrogens with zero attached hydrogens (tertiary/aromatic N) is 3. The Hall–Kier alpha value is -1.83. The summed E-state index contributed by atoms with van der Waals surface area (Å²) in [4.78, 5) is 13.1. The Morgan fingerprint density at radius 1 is 1.28 bits per heavy atom. The van der Waals surface area contributed by atoms with Crippen LogP contribution in [0.1, 0.15) is 12.0 Å². The molecular weight excluding hydrogens is 376 g/mol. The molecule has 3 rings (SSSR count). The highest BCUT2D eigenvalue weighted by Gasteiger charge is 2.12. The highest BCUT2D eigenvalue weighted by Crippen LogP contribution is 2.26. The molecule has 3 aromatic rings. The van der Waals surface area contributed by atoms with Crippen LogP contribution in [-0.4, -0.2) is 26.4 Å². The van der Waals surface area contributed by atoms with Gasteiger partial charge in [0.25, 0.3) is 0 Å². The summed E-state index contributed by atoms with van der Waals surface area (Å²) in [5.41, 5.74) is 0.916. The van der Waals surface area contributed by atoms with Gasteiger partial charge in [-0.25, -0.2) is 0 Å². The van der Waals surface area contributed by atoms with E-state index >= 15 is 0 Å². The number of thioether (sulfide) groups is 1. The van der Waals surface area contributed by atoms with Crippen molar-refractivity contribution in [1.82, 2.24) is 20.1 Å². The van der Waals surface area contributed by atoms with Gasteiger partial charge in [-0.1, -0.05) is 47.6 Å². The highest BCUT2D eigenvalue weighted by atomic mass is 35.5. The van der Waals surface area contributed by atoms with E-state index in [9.17, 15) is 4.79 Å². The van der Waals surface area contributed by atoms with Crippen LogP contribution in [0.25, 0.3) is 10.7 Å². The van der Waals surface area contributed by atoms with Crippen molar-refractivity contribution in [3.63, 3.8) is 0 Å². The minimum absolute atomic E-state index is 0.00642. The summed E-state index contributed by atoms with van der Waals surface area (Å²) in [7, 11) is 1.94. The van der Waals surface area contributed by atoms with Gasteiger partial charge >= 0.3 is 0 Å². The summed E-state index contributed by atoms with van der Waals surface area (Å²) in [5, 5.41) is 14.8. The maximum atomic E-state index is 12.0. The van der Waals surface area contributed by atoms with Gasteiger partial charge in [0.15, 0.2) is 11.0 Å². The Bertz CT molecular complexity index is 848. The average molecular weight is 393 g/mol. The fraction of sp³-hybridized carbons (Fsp3) is 0.235. The number of thiophene rings is 1. The monoisotopic (exact) mass is 392 g/mol. The van der Waals surface area contributed by atoms with Crippen LogP contribution in [0.4, 0.5) is 0 Å². The lowest BCUT2D eigenvalue weighted by atomic mass is 10.2. The van der Waals surface area contributed by atoms with Crippen molar-refractivity contribution in [2.24, 2.45) is 7.05 Å². The summed E-state index contributed by atoms with van der Waals surface area (Å²) in [6.45, 7) is 0.440. The summed E-state index contributed by atoms with van der Waals surface area (Å²) >= 11 is 9.24. The fourth-order valence-electron chi connectivity index (χ4n) is 2.22. The first kappa shape index (κ1) is 18.0. The summed E-state index contributed by atoms with van der Waals surface area (Å²) < 4.78 is 1.96. The Morgan fingerprint density at radius 2 is 2.12 bits per heavy atom. The Morgan fingerprint density at radius 3 is 2.88 bits per heavy atom. The van der Waals surface area contributed by atoms with Crippen molar-refractivity contribution < 1.29 is 4.79 Å². The van der Waals surface area contributed by atoms with Crippen molar-refractivity contribution in [3.8, 4) is 10.7 Å². The lowest BCUT2D eigenvalue weighted by molar-refractivity contribution is -0.120. The van der Waals surface area contributed by atoms with E-state index in [-0.39, 0.29) is 5.91 Å². The van der Waals surface area contributed by atoms with Gasteiger partial charge in [0.2, 0.25) is 5.91 Å². The third-order valence-electron chi connectivity index (χ3n) is 3.57. The average Bonchev–Trinajstić information content (AvgIpc) is 3.24. The number of carbonyl (C=O) groups is 1. The topological polar surface area (TPSA) is 59.8 Å². The smallest absolute Gasteiger partial charge is 0.221 e. The first-order chi connectivity index (χ1) is 12.1. The number of nitrogens with one attached hydrogen (secondary N) is 1. The molecule has 1 amide bonds. The van der Waals surface area contributed by atoms with Gasteiger partial charge in [0.05, 0.1) is 4.88 Å². The number of aromatic nitrogens is 3. The number of hydrogen-bond acceptors (Lipinski definition) is 5. The van der Waals surface area contributed by atoms with E-state index < -0.39 is 0 Å². The molecule has 0 saturated heterocycles. The third kappa shape index (κ3) is 4.62. The zero-order valence-corrected chi connectivity index (χ0v) is 16.0. The number of halogens is 1. The van der Waals surface area contributed by atoms with Crippen molar-refractivity contribution in [2.45, 2.75) is 18.1 Å². The highest BCUT2D eigenvalue weighted by molar-refractivity contribution is 7.99. The number of hydrogen-bond donors (Lipinski definition) is 1. The van der Waals surface area contributed by atoms with Crippen molar-refractivity contribution in [1.29, 1.82) is 0 Å². The maximum absolute atomic E-state index is 12.0. The molecule has 2 heterocycles. The van der Waals surface area contributed by atoms with E-state index in [0.717, 1.165) is 21.4 Å². The van der Waals surface area contributed by atoms with E-state index in [2.05, 4.69) is 15.5 Å². The second-order valence-electron chi connectivity index (χ2n) is 5.31. The molecule has 0 saturated carbocycles. The molecule has 1 aromatic carbocycles. The van der Waals surface area contributed by atoms with E-state index in [4.69, 9.17) is 11.6 Å². The first-order valence-corrected chi connectivity index (χ1v) is 9.95. The van der Waals surface area contributed by atoms with E-state index in [0.29, 0.717) is 23.7 Å². The van der Waals surface area contributed by atoms with Crippen LogP contribution in [0.2, 0.25) is 5.02 Å². The third-order valence-corrected chi connectivity index (χ3v) is 5.83. The van der Waals surface area contributed by atoms with Gasteiger partial charge in [-0.05, 0) is 23.1 Å². The summed E-state index contributed by atoms with van der Waals surface area (Å²) in [5.74, 6) is 1.49. The fourth-order valence-corrected chi connectivity index (χ4v) is 4.02. The number of rotatable bonds is 7. The van der Waals surface area contributed by atoms with Crippen molar-refractivity contribution in [3.05, 3.63) is 52.4 Å². The Kier molecular flexibility index (Phi) is 6.12. The second-order valence-corrected chi connectivity index (χ2v) is 7.73. The molecule has 130 valence electrons. The molecule has 2 aromatic heterocycles. The minimum atomic E-state index is -0.00642. The molecule has 8 heteroatoms. The van der Waals surface area contributed by atoms with Crippen LogP contribution in [0.5, 0.6) is 0 Å². The van der Waals surface area contributed by atoms with Gasteiger partial charge in [-0.15, -0.1) is 21.5 Å². The summed E-state index contributed by atoms with van der Waals surface area (Å²) in [6.07, 6.45) is 0.413. The largest absolute Gasteiger partial charge is 0.352 e. The Balaban J connectivity index is 1.47. The molecular formula is C17H17ClN4OS2. The molecule has 0 spiro atoms. The van der Waals surface area contributed by atoms with Crippen LogP contribution in [0, 0.1) is 0 Å². The lowest BCUT2D eigenvalue weighted by Gasteiger charge is -2.07. The quantitative estimate of drug-likeness (QED) is 0.617. The van der Waals surface area contributed by atoms with E-state index in [1.807, 2.05) is 53.4 Å². The maximum Gasteiger partial charge on any atom is 0.221 e. The normalized spacial score (nSPS) is 10.8. The molecule has 1 N–H and O–H groups in total. The van der Waals surface area contributed by atoms with Gasteiger partial charge in [-0.3, -0.25) is 4.79 Å². The zero-order valence-electron chi connectivity index (χ0n) is 13.6. The molecule has 0 aliphatic heterocycles. The van der Waals surface area contributed by atoms with E-state index in [1.165, 1.54) is 11.8 Å². The van der Waals surface area contributed by atoms with Crippen LogP contribution in [-0.2, 0) is 18.4 Å². The molecule has 0 aliphatic rings. The van der Waals surface area contributed by atoms with Gasteiger partial charge in [0, 0.05) is 30.8 Å². The number of carbonyl (C=O) groups excluding carboxylic acids is 1. The molecule has 25 heavy (non-hydrogen) atoms. The van der Waals surface area contributed by atoms with E-state index in [1.54, 1.807) is 11.3 Å². The van der Waals surface area contributed by atoms with Crippen LogP contribution in [0.3, 0.4) is 0 Å². The van der Waals surface area contributed by atoms with Gasteiger partial charge < -0.3 is 9.88 Å². The molecule has 0 fully saturated rings. The number of benzene rings is 1. The molecule has 0 unspecified atom stereocenters. The SMILES string of the molecule is Cn1c(SCCC(=O)NCc2ccccc2Cl)nnc1-c1cccs1. The lowest BCUT2D eigenvalue weighted by Crippen LogP contribution is -2.23. The predicted octanol–water partition coefficient (Wildman–Crippen LogP) is 4.00. The molecule has 0 atom stereocenters. The van der Waals surface area contributed by atoms with Crippen LogP contribution >= 0.6 is 34.7 Å². The molecule has 0 bridgehead atoms. The zero-order chi connectivity index (χ0) is 17.6. The van der Waals surface area contributed by atoms with Crippen LogP contribution in [0.15, 0.2) is 46.9 Å². The Labute approximate surface area is 159 Å². The predicted molar refractivity (Wildman–Crippen MR) is 103 cm³/mol. The van der Waals surface area contributed by atoms with Crippen LogP contribution < -0.4 is 5.32 Å². The first-order valence-electron chi connectivity index (χ1n) is 7.71. The van der Waals surface area contributed by atoms with Crippen molar-refractivity contribution >= 4 is 40.6 Å². The van der Waals surface area contributed by atoms with Gasteiger partial charge in [-0.2, -0.15) is 0 Å². The molecule has 0 radical (unpaired) electrons. The molecule has 5 nitrogen and oxygen atoms in total. The number of amides is 1. The van der Waals surface area contributed by atoms with Gasteiger partial charge in [0.1, 0.15) is 0 Å². The standard InChI is InChI=1S/C17H17ClN4OS2/c1-22-16(14-7-4-9-24-14)20-21-17(22)25-10-8-15(23)19-11-12-5-2-3-6-13(12)18/h2-7,9H,8,10-11H2,1H3,(H,19,23). The second kappa shape index (κ2) is 8.51. The summed E-state index contributed by atoms with van der Waals surface area (Å²) in [6, 6.07) is 11.5. The molecule has 0 aliphatic carbocycles. The minimum Gasteiger partial charge on any atom is -0.352 e.